The van der Waals surface area contributed by atoms with Gasteiger partial charge in [-0.15, -0.1) is 0 Å². The number of aryl methyl sites for hydroxylation is 3. The van der Waals surface area contributed by atoms with Crippen LogP contribution >= 0.6 is 0 Å². The summed E-state index contributed by atoms with van der Waals surface area (Å²) in [6, 6.07) is 69.0. The molecule has 0 spiro atoms. The van der Waals surface area contributed by atoms with Crippen molar-refractivity contribution in [2.24, 2.45) is 0 Å². The predicted molar refractivity (Wildman–Crippen MR) is 243 cm³/mol. The highest BCUT2D eigenvalue weighted by molar-refractivity contribution is 5.98. The van der Waals surface area contributed by atoms with Crippen LogP contribution in [0.1, 0.15) is 76.8 Å². The Kier molecular flexibility index (Phi) is 7.99. The van der Waals surface area contributed by atoms with E-state index >= 15 is 0 Å². The van der Waals surface area contributed by atoms with Crippen molar-refractivity contribution in [1.29, 1.82) is 0 Å². The van der Waals surface area contributed by atoms with Gasteiger partial charge in [-0.05, 0) is 147 Å². The molecule has 0 aromatic heterocycles. The standard InChI is InChI=1S/C57H47N/c1-38-33-39-19-13-14-20-40(39)34-48(38)50-36-49-46-28-16-18-30-52(46)57(41-21-7-4-8-22-41,42-23-9-5-10-24-42)54(49)37-55(50)58(43-25-11-6-12-26-43)44-31-32-47-45-27-15-17-29-51(45)56(2,3)53(47)35-44/h4-12,15-18,21-37H,13-14,19-20H2,1-3H3. The van der Waals surface area contributed by atoms with Gasteiger partial charge in [0, 0.05) is 22.4 Å². The first-order valence-electron chi connectivity index (χ1n) is 21.1. The first-order valence-corrected chi connectivity index (χ1v) is 21.1. The highest BCUT2D eigenvalue weighted by Crippen LogP contribution is 2.59. The lowest BCUT2D eigenvalue weighted by atomic mass is 9.67. The average molecular weight is 746 g/mol. The first kappa shape index (κ1) is 34.8. The van der Waals surface area contributed by atoms with Gasteiger partial charge in [0.05, 0.1) is 11.1 Å². The van der Waals surface area contributed by atoms with Crippen LogP contribution in [0.2, 0.25) is 0 Å². The fraction of sp³-hybridized carbons (Fsp3) is 0.158. The summed E-state index contributed by atoms with van der Waals surface area (Å²) in [5.74, 6) is 0. The van der Waals surface area contributed by atoms with Crippen molar-refractivity contribution in [3.8, 4) is 33.4 Å². The molecule has 8 aromatic rings. The Morgan fingerprint density at radius 2 is 0.948 bits per heavy atom. The molecule has 0 radical (unpaired) electrons. The van der Waals surface area contributed by atoms with Crippen molar-refractivity contribution in [3.05, 3.63) is 232 Å². The number of para-hydroxylation sites is 1. The third-order valence-electron chi connectivity index (χ3n) is 13.6. The molecule has 0 bridgehead atoms. The molecule has 280 valence electrons. The number of hydrogen-bond donors (Lipinski definition) is 0. The Hall–Kier alpha value is -6.44. The van der Waals surface area contributed by atoms with E-state index in [0.717, 1.165) is 12.1 Å². The van der Waals surface area contributed by atoms with Crippen LogP contribution in [0.3, 0.4) is 0 Å². The fourth-order valence-corrected chi connectivity index (χ4v) is 10.9. The van der Waals surface area contributed by atoms with Crippen molar-refractivity contribution in [2.75, 3.05) is 4.90 Å². The van der Waals surface area contributed by atoms with Crippen LogP contribution in [0.25, 0.3) is 33.4 Å². The van der Waals surface area contributed by atoms with Crippen molar-refractivity contribution >= 4 is 17.1 Å². The minimum absolute atomic E-state index is 0.127. The second-order valence-electron chi connectivity index (χ2n) is 17.2. The summed E-state index contributed by atoms with van der Waals surface area (Å²) in [7, 11) is 0. The lowest BCUT2D eigenvalue weighted by Crippen LogP contribution is -2.28. The zero-order chi connectivity index (χ0) is 39.0. The second kappa shape index (κ2) is 13.3. The van der Waals surface area contributed by atoms with E-state index in [2.05, 4.69) is 208 Å². The third kappa shape index (κ3) is 5.09. The van der Waals surface area contributed by atoms with Gasteiger partial charge in [-0.25, -0.2) is 0 Å². The van der Waals surface area contributed by atoms with Crippen LogP contribution in [-0.4, -0.2) is 0 Å². The highest BCUT2D eigenvalue weighted by atomic mass is 15.1. The monoisotopic (exact) mass is 745 g/mol. The largest absolute Gasteiger partial charge is 0.310 e. The van der Waals surface area contributed by atoms with Gasteiger partial charge < -0.3 is 4.90 Å². The molecule has 0 atom stereocenters. The summed E-state index contributed by atoms with van der Waals surface area (Å²) in [5.41, 5.74) is 23.1. The van der Waals surface area contributed by atoms with Gasteiger partial charge >= 0.3 is 0 Å². The van der Waals surface area contributed by atoms with Crippen LogP contribution in [0, 0.1) is 6.92 Å². The quantitative estimate of drug-likeness (QED) is 0.164. The molecule has 0 saturated carbocycles. The molecule has 8 aromatic carbocycles. The van der Waals surface area contributed by atoms with E-state index in [1.165, 1.54) is 114 Å². The molecule has 11 rings (SSSR count). The molecule has 0 heterocycles. The van der Waals surface area contributed by atoms with E-state index in [0.29, 0.717) is 0 Å². The van der Waals surface area contributed by atoms with E-state index in [9.17, 15) is 0 Å². The number of nitrogens with zero attached hydrogens (tertiary/aromatic N) is 1. The molecule has 1 nitrogen and oxygen atoms in total. The van der Waals surface area contributed by atoms with Crippen molar-refractivity contribution in [2.45, 2.75) is 57.3 Å². The van der Waals surface area contributed by atoms with Crippen LogP contribution in [-0.2, 0) is 23.7 Å². The molecule has 1 heteroatoms. The fourth-order valence-electron chi connectivity index (χ4n) is 10.9. The second-order valence-corrected chi connectivity index (χ2v) is 17.2. The number of rotatable bonds is 6. The molecule has 58 heavy (non-hydrogen) atoms. The topological polar surface area (TPSA) is 3.24 Å². The smallest absolute Gasteiger partial charge is 0.0714 e. The van der Waals surface area contributed by atoms with E-state index in [1.807, 2.05) is 0 Å². The maximum Gasteiger partial charge on any atom is 0.0714 e. The zero-order valence-corrected chi connectivity index (χ0v) is 33.6. The molecule has 3 aliphatic carbocycles. The summed E-state index contributed by atoms with van der Waals surface area (Å²) in [5, 5.41) is 0. The summed E-state index contributed by atoms with van der Waals surface area (Å²) < 4.78 is 0. The SMILES string of the molecule is Cc1cc2c(cc1-c1cc3c(cc1N(c1ccccc1)c1ccc4c(c1)C(C)(C)c1ccccc1-4)C(c1ccccc1)(c1ccccc1)c1ccccc1-3)CCCC2. The molecule has 0 amide bonds. The number of benzene rings is 8. The van der Waals surface area contributed by atoms with E-state index < -0.39 is 5.41 Å². The Morgan fingerprint density at radius 1 is 0.397 bits per heavy atom. The highest BCUT2D eigenvalue weighted by Gasteiger charge is 2.47. The van der Waals surface area contributed by atoms with E-state index in [4.69, 9.17) is 0 Å². The van der Waals surface area contributed by atoms with Crippen molar-refractivity contribution in [1.82, 2.24) is 0 Å². The van der Waals surface area contributed by atoms with Gasteiger partial charge in [-0.1, -0.05) is 159 Å². The van der Waals surface area contributed by atoms with Crippen molar-refractivity contribution < 1.29 is 0 Å². The Bertz CT molecular complexity index is 2830. The molecule has 0 aliphatic heterocycles. The Labute approximate surface area is 343 Å². The third-order valence-corrected chi connectivity index (χ3v) is 13.6. The summed E-state index contributed by atoms with van der Waals surface area (Å²) in [6.45, 7) is 7.10. The number of anilines is 3. The molecule has 0 fully saturated rings. The summed E-state index contributed by atoms with van der Waals surface area (Å²) >= 11 is 0. The minimum Gasteiger partial charge on any atom is -0.310 e. The van der Waals surface area contributed by atoms with E-state index in [1.54, 1.807) is 0 Å². The van der Waals surface area contributed by atoms with Crippen LogP contribution in [0.4, 0.5) is 17.1 Å². The lowest BCUT2D eigenvalue weighted by Gasteiger charge is -2.36. The average Bonchev–Trinajstić information content (AvgIpc) is 3.69. The van der Waals surface area contributed by atoms with Crippen LogP contribution in [0.15, 0.2) is 182 Å². The minimum atomic E-state index is -0.517. The normalized spacial score (nSPS) is 15.2. The molecule has 3 aliphatic rings. The Morgan fingerprint density at radius 3 is 1.62 bits per heavy atom. The summed E-state index contributed by atoms with van der Waals surface area (Å²) in [4.78, 5) is 2.55. The van der Waals surface area contributed by atoms with Crippen molar-refractivity contribution in [3.63, 3.8) is 0 Å². The van der Waals surface area contributed by atoms with Crippen LogP contribution < -0.4 is 4.90 Å². The molecule has 0 saturated heterocycles. The number of hydrogen-bond acceptors (Lipinski definition) is 1. The van der Waals surface area contributed by atoms with Gasteiger partial charge in [0.1, 0.15) is 0 Å². The zero-order valence-electron chi connectivity index (χ0n) is 33.6. The first-order chi connectivity index (χ1) is 28.4. The lowest BCUT2D eigenvalue weighted by molar-refractivity contribution is 0.660. The van der Waals surface area contributed by atoms with Crippen LogP contribution in [0.5, 0.6) is 0 Å². The number of fused-ring (bicyclic) bond motifs is 7. The Balaban J connectivity index is 1.26. The maximum absolute atomic E-state index is 2.57. The molecule has 0 N–H and O–H groups in total. The van der Waals surface area contributed by atoms with Gasteiger partial charge in [0.2, 0.25) is 0 Å². The van der Waals surface area contributed by atoms with Gasteiger partial charge in [-0.3, -0.25) is 0 Å². The predicted octanol–water partition coefficient (Wildman–Crippen LogP) is 14.7. The molecular formula is C57H47N. The molecular weight excluding hydrogens is 699 g/mol. The molecule has 0 unspecified atom stereocenters. The van der Waals surface area contributed by atoms with Gasteiger partial charge in [0.25, 0.3) is 0 Å². The van der Waals surface area contributed by atoms with Gasteiger partial charge in [0.15, 0.2) is 0 Å². The van der Waals surface area contributed by atoms with E-state index in [-0.39, 0.29) is 5.41 Å². The maximum atomic E-state index is 2.57. The summed E-state index contributed by atoms with van der Waals surface area (Å²) in [6.07, 6.45) is 4.83. The van der Waals surface area contributed by atoms with Gasteiger partial charge in [-0.2, -0.15) is 0 Å².